The monoisotopic (exact) mass is 516 g/mol. The molecule has 0 radical (unpaired) electrons. The zero-order chi connectivity index (χ0) is 26.9. The maximum atomic E-state index is 13.2. The predicted octanol–water partition coefficient (Wildman–Crippen LogP) is 5.95. The number of aromatic amines is 1. The van der Waals surface area contributed by atoms with E-state index in [1.807, 2.05) is 19.1 Å². The first-order valence-corrected chi connectivity index (χ1v) is 12.8. The van der Waals surface area contributed by atoms with Crippen molar-refractivity contribution in [1.82, 2.24) is 20.6 Å². The molecule has 1 aliphatic rings. The summed E-state index contributed by atoms with van der Waals surface area (Å²) in [5.74, 6) is 0.377. The van der Waals surface area contributed by atoms with Gasteiger partial charge in [0.1, 0.15) is 22.9 Å². The standard InChI is InChI=1S/C28H38F2N4O3/c1-6-8-19(18(4)9-7-12-31-17(2)3)15-25-32-16-22(34-25)20-13-23(36-5)26(24(14-20)37-28(29)30)27(35)33-21-10-11-21/h6,8,13-18,21,28,31H,7,9-12H2,1-5H3,(H,32,34)(H,33,35)/b8-6-,19-15+. The Bertz CT molecular complexity index is 1110. The Kier molecular flexibility index (Phi) is 10.3. The first kappa shape index (κ1) is 28.4. The van der Waals surface area contributed by atoms with Crippen LogP contribution in [-0.4, -0.2) is 48.2 Å². The number of carbonyl (C=O) groups is 1. The Balaban J connectivity index is 1.86. The van der Waals surface area contributed by atoms with Crippen LogP contribution < -0.4 is 20.1 Å². The lowest BCUT2D eigenvalue weighted by Gasteiger charge is -2.16. The summed E-state index contributed by atoms with van der Waals surface area (Å²) in [7, 11) is 1.39. The van der Waals surface area contributed by atoms with Gasteiger partial charge in [-0.15, -0.1) is 0 Å². The molecule has 7 nitrogen and oxygen atoms in total. The van der Waals surface area contributed by atoms with Gasteiger partial charge in [0.05, 0.1) is 19.0 Å². The SMILES string of the molecule is C/C=C\C(=C/c1ncc(-c2cc(OC)c(C(=O)NC3CC3)c(OC(F)F)c2)[nH]1)C(C)CCCNC(C)C. The van der Waals surface area contributed by atoms with E-state index in [2.05, 4.69) is 47.4 Å². The van der Waals surface area contributed by atoms with Gasteiger partial charge in [-0.2, -0.15) is 8.78 Å². The Morgan fingerprint density at radius 2 is 1.97 bits per heavy atom. The molecule has 2 aromatic rings. The zero-order valence-electron chi connectivity index (χ0n) is 22.2. The number of nitrogens with one attached hydrogen (secondary N) is 3. The molecule has 1 aromatic carbocycles. The number of hydrogen-bond donors (Lipinski definition) is 3. The van der Waals surface area contributed by atoms with E-state index in [4.69, 9.17) is 9.47 Å². The number of amides is 1. The van der Waals surface area contributed by atoms with Crippen LogP contribution in [0.1, 0.15) is 69.6 Å². The largest absolute Gasteiger partial charge is 0.496 e. The van der Waals surface area contributed by atoms with E-state index in [9.17, 15) is 13.6 Å². The molecular formula is C28H38F2N4O3. The minimum Gasteiger partial charge on any atom is -0.496 e. The average Bonchev–Trinajstić information content (AvgIpc) is 3.53. The molecule has 1 atom stereocenters. The molecule has 1 heterocycles. The van der Waals surface area contributed by atoms with Crippen molar-refractivity contribution in [3.63, 3.8) is 0 Å². The van der Waals surface area contributed by atoms with Gasteiger partial charge in [-0.25, -0.2) is 4.98 Å². The second kappa shape index (κ2) is 13.4. The number of alkyl halides is 2. The number of imidazole rings is 1. The van der Waals surface area contributed by atoms with Gasteiger partial charge in [-0.1, -0.05) is 32.9 Å². The molecule has 3 rings (SSSR count). The lowest BCUT2D eigenvalue weighted by Crippen LogP contribution is -2.26. The minimum atomic E-state index is -3.09. The predicted molar refractivity (Wildman–Crippen MR) is 142 cm³/mol. The number of methoxy groups -OCH3 is 1. The molecule has 1 fully saturated rings. The highest BCUT2D eigenvalue weighted by atomic mass is 19.3. The van der Waals surface area contributed by atoms with E-state index in [1.165, 1.54) is 13.2 Å². The first-order valence-electron chi connectivity index (χ1n) is 12.8. The van der Waals surface area contributed by atoms with Crippen LogP contribution in [0, 0.1) is 5.92 Å². The zero-order valence-corrected chi connectivity index (χ0v) is 22.2. The third-order valence-electron chi connectivity index (χ3n) is 6.15. The second-order valence-corrected chi connectivity index (χ2v) is 9.66. The van der Waals surface area contributed by atoms with Crippen molar-refractivity contribution in [3.05, 3.63) is 47.4 Å². The fourth-order valence-electron chi connectivity index (χ4n) is 4.03. The Labute approximate surface area is 217 Å². The highest BCUT2D eigenvalue weighted by molar-refractivity contribution is 6.01. The van der Waals surface area contributed by atoms with Crippen LogP contribution >= 0.6 is 0 Å². The summed E-state index contributed by atoms with van der Waals surface area (Å²) >= 11 is 0. The maximum Gasteiger partial charge on any atom is 0.387 e. The molecular weight excluding hydrogens is 478 g/mol. The summed E-state index contributed by atoms with van der Waals surface area (Å²) < 4.78 is 36.6. The quantitative estimate of drug-likeness (QED) is 0.213. The van der Waals surface area contributed by atoms with Gasteiger partial charge >= 0.3 is 6.61 Å². The number of rotatable bonds is 14. The van der Waals surface area contributed by atoms with E-state index in [0.717, 1.165) is 37.8 Å². The van der Waals surface area contributed by atoms with Gasteiger partial charge < -0.3 is 25.1 Å². The maximum absolute atomic E-state index is 13.2. The van der Waals surface area contributed by atoms with E-state index >= 15 is 0 Å². The number of halogens is 2. The molecule has 202 valence electrons. The third-order valence-corrected chi connectivity index (χ3v) is 6.15. The van der Waals surface area contributed by atoms with Crippen LogP contribution in [0.25, 0.3) is 17.3 Å². The number of nitrogens with zero attached hydrogens (tertiary/aromatic N) is 1. The molecule has 1 saturated carbocycles. The normalized spacial score (nSPS) is 15.0. The van der Waals surface area contributed by atoms with Gasteiger partial charge in [0.25, 0.3) is 5.91 Å². The highest BCUT2D eigenvalue weighted by Gasteiger charge is 2.29. The molecule has 0 aliphatic heterocycles. The van der Waals surface area contributed by atoms with Crippen LogP contribution in [0.3, 0.4) is 0 Å². The highest BCUT2D eigenvalue weighted by Crippen LogP contribution is 2.36. The summed E-state index contributed by atoms with van der Waals surface area (Å²) in [5.41, 5.74) is 2.20. The number of allylic oxidation sites excluding steroid dienone is 3. The van der Waals surface area contributed by atoms with Crippen molar-refractivity contribution in [1.29, 1.82) is 0 Å². The summed E-state index contributed by atoms with van der Waals surface area (Å²) in [4.78, 5) is 20.5. The van der Waals surface area contributed by atoms with Gasteiger partial charge in [-0.3, -0.25) is 4.79 Å². The van der Waals surface area contributed by atoms with Crippen molar-refractivity contribution in [2.45, 2.75) is 72.1 Å². The molecule has 1 unspecified atom stereocenters. The lowest BCUT2D eigenvalue weighted by molar-refractivity contribution is -0.0502. The summed E-state index contributed by atoms with van der Waals surface area (Å²) in [5, 5.41) is 6.25. The summed E-state index contributed by atoms with van der Waals surface area (Å²) in [6.45, 7) is 6.32. The number of H-pyrrole nitrogens is 1. The lowest BCUT2D eigenvalue weighted by atomic mass is 9.95. The Hall–Kier alpha value is -3.20. The molecule has 0 saturated heterocycles. The number of hydrogen-bond acceptors (Lipinski definition) is 5. The molecule has 0 bridgehead atoms. The van der Waals surface area contributed by atoms with Crippen molar-refractivity contribution < 1.29 is 23.0 Å². The van der Waals surface area contributed by atoms with Crippen LogP contribution in [0.15, 0.2) is 36.1 Å². The molecule has 1 aromatic heterocycles. The molecule has 1 aliphatic carbocycles. The van der Waals surface area contributed by atoms with Crippen LogP contribution in [0.4, 0.5) is 8.78 Å². The van der Waals surface area contributed by atoms with Gasteiger partial charge in [-0.05, 0) is 68.9 Å². The van der Waals surface area contributed by atoms with Gasteiger partial charge in [0, 0.05) is 17.6 Å². The van der Waals surface area contributed by atoms with Crippen molar-refractivity contribution in [3.8, 4) is 22.8 Å². The van der Waals surface area contributed by atoms with Crippen molar-refractivity contribution in [2.24, 2.45) is 5.92 Å². The Morgan fingerprint density at radius 3 is 2.59 bits per heavy atom. The molecule has 9 heteroatoms. The number of carbonyl (C=O) groups excluding carboxylic acids is 1. The van der Waals surface area contributed by atoms with Crippen LogP contribution in [-0.2, 0) is 0 Å². The second-order valence-electron chi connectivity index (χ2n) is 9.66. The summed E-state index contributed by atoms with van der Waals surface area (Å²) in [6, 6.07) is 3.56. The Morgan fingerprint density at radius 1 is 1.24 bits per heavy atom. The van der Waals surface area contributed by atoms with Gasteiger partial charge in [0.2, 0.25) is 0 Å². The van der Waals surface area contributed by atoms with E-state index < -0.39 is 12.5 Å². The number of ether oxygens (including phenoxy) is 2. The van der Waals surface area contributed by atoms with E-state index in [-0.39, 0.29) is 23.1 Å². The fourth-order valence-corrected chi connectivity index (χ4v) is 4.03. The molecule has 0 spiro atoms. The van der Waals surface area contributed by atoms with E-state index in [1.54, 1.807) is 12.3 Å². The number of benzene rings is 1. The van der Waals surface area contributed by atoms with Crippen LogP contribution in [0.5, 0.6) is 11.5 Å². The van der Waals surface area contributed by atoms with Crippen LogP contribution in [0.2, 0.25) is 0 Å². The topological polar surface area (TPSA) is 88.3 Å². The smallest absolute Gasteiger partial charge is 0.387 e. The molecule has 3 N–H and O–H groups in total. The third kappa shape index (κ3) is 8.42. The van der Waals surface area contributed by atoms with Gasteiger partial charge in [0.15, 0.2) is 0 Å². The fraction of sp³-hybridized carbons (Fsp3) is 0.500. The minimum absolute atomic E-state index is 0.0470. The summed E-state index contributed by atoms with van der Waals surface area (Å²) in [6.07, 6.45) is 11.5. The van der Waals surface area contributed by atoms with Crippen molar-refractivity contribution in [2.75, 3.05) is 13.7 Å². The van der Waals surface area contributed by atoms with Crippen molar-refractivity contribution >= 4 is 12.0 Å². The number of aromatic nitrogens is 2. The average molecular weight is 517 g/mol. The molecule has 1 amide bonds. The first-order chi connectivity index (χ1) is 17.7. The van der Waals surface area contributed by atoms with E-state index in [0.29, 0.717) is 29.0 Å². The molecule has 37 heavy (non-hydrogen) atoms.